The lowest BCUT2D eigenvalue weighted by Crippen LogP contribution is -2.07. The standard InChI is InChI=1S/C13H16ClN3O3/c1-18-10-5-12(20-3)11(19-2)4-8(10)7-17-13(15)9(14)6-16-17/h4-6H,7,15H2,1-3H3. The predicted molar refractivity (Wildman–Crippen MR) is 76.8 cm³/mol. The van der Waals surface area contributed by atoms with Gasteiger partial charge in [-0.1, -0.05) is 11.6 Å². The number of rotatable bonds is 5. The van der Waals surface area contributed by atoms with Gasteiger partial charge in [0.05, 0.1) is 34.1 Å². The quantitative estimate of drug-likeness (QED) is 0.916. The highest BCUT2D eigenvalue weighted by Crippen LogP contribution is 2.35. The number of anilines is 1. The van der Waals surface area contributed by atoms with Gasteiger partial charge in [-0.2, -0.15) is 5.10 Å². The maximum atomic E-state index is 5.89. The van der Waals surface area contributed by atoms with Gasteiger partial charge in [-0.25, -0.2) is 4.68 Å². The van der Waals surface area contributed by atoms with Crippen molar-refractivity contribution in [2.45, 2.75) is 6.54 Å². The van der Waals surface area contributed by atoms with Crippen LogP contribution >= 0.6 is 11.6 Å². The minimum absolute atomic E-state index is 0.406. The first-order valence-corrected chi connectivity index (χ1v) is 6.24. The summed E-state index contributed by atoms with van der Waals surface area (Å²) in [6.07, 6.45) is 1.50. The second-order valence-corrected chi connectivity index (χ2v) is 4.46. The van der Waals surface area contributed by atoms with Crippen molar-refractivity contribution in [2.75, 3.05) is 27.1 Å². The molecular weight excluding hydrogens is 282 g/mol. The number of nitrogens with two attached hydrogens (primary N) is 1. The number of hydrogen-bond acceptors (Lipinski definition) is 5. The van der Waals surface area contributed by atoms with E-state index in [2.05, 4.69) is 5.10 Å². The van der Waals surface area contributed by atoms with E-state index in [1.54, 1.807) is 32.1 Å². The van der Waals surface area contributed by atoms with Crippen LogP contribution in [-0.4, -0.2) is 31.1 Å². The second-order valence-electron chi connectivity index (χ2n) is 4.05. The molecule has 0 unspecified atom stereocenters. The Morgan fingerprint density at radius 1 is 1.10 bits per heavy atom. The topological polar surface area (TPSA) is 71.5 Å². The monoisotopic (exact) mass is 297 g/mol. The molecule has 0 saturated heterocycles. The molecule has 0 amide bonds. The fraction of sp³-hybridized carbons (Fsp3) is 0.308. The van der Waals surface area contributed by atoms with E-state index >= 15 is 0 Å². The number of aromatic nitrogens is 2. The molecule has 2 N–H and O–H groups in total. The molecule has 1 aromatic heterocycles. The zero-order valence-corrected chi connectivity index (χ0v) is 12.3. The first kappa shape index (κ1) is 14.3. The van der Waals surface area contributed by atoms with Crippen molar-refractivity contribution in [3.05, 3.63) is 28.9 Å². The lowest BCUT2D eigenvalue weighted by molar-refractivity contribution is 0.347. The lowest BCUT2D eigenvalue weighted by atomic mass is 10.1. The summed E-state index contributed by atoms with van der Waals surface area (Å²) < 4.78 is 17.5. The maximum absolute atomic E-state index is 5.89. The molecule has 0 atom stereocenters. The molecule has 7 heteroatoms. The number of hydrogen-bond donors (Lipinski definition) is 1. The third kappa shape index (κ3) is 2.60. The van der Waals surface area contributed by atoms with Crippen LogP contribution in [0.1, 0.15) is 5.56 Å². The third-order valence-electron chi connectivity index (χ3n) is 2.94. The van der Waals surface area contributed by atoms with Crippen LogP contribution in [0.25, 0.3) is 0 Å². The molecule has 2 rings (SSSR count). The van der Waals surface area contributed by atoms with Gasteiger partial charge in [0, 0.05) is 11.6 Å². The van der Waals surface area contributed by atoms with Gasteiger partial charge in [0.15, 0.2) is 11.5 Å². The van der Waals surface area contributed by atoms with E-state index < -0.39 is 0 Å². The molecule has 20 heavy (non-hydrogen) atoms. The van der Waals surface area contributed by atoms with Crippen LogP contribution in [0.5, 0.6) is 17.2 Å². The van der Waals surface area contributed by atoms with Crippen molar-refractivity contribution in [2.24, 2.45) is 0 Å². The maximum Gasteiger partial charge on any atom is 0.164 e. The highest BCUT2D eigenvalue weighted by atomic mass is 35.5. The summed E-state index contributed by atoms with van der Waals surface area (Å²) in [4.78, 5) is 0. The largest absolute Gasteiger partial charge is 0.496 e. The number of nitrogens with zero attached hydrogens (tertiary/aromatic N) is 2. The van der Waals surface area contributed by atoms with E-state index in [-0.39, 0.29) is 0 Å². The molecule has 0 saturated carbocycles. The van der Waals surface area contributed by atoms with Crippen molar-refractivity contribution in [3.8, 4) is 17.2 Å². The summed E-state index contributed by atoms with van der Waals surface area (Å²) in [6, 6.07) is 3.59. The van der Waals surface area contributed by atoms with Crippen LogP contribution in [0, 0.1) is 0 Å². The zero-order chi connectivity index (χ0) is 14.7. The predicted octanol–water partition coefficient (Wildman–Crippen LogP) is 2.19. The van der Waals surface area contributed by atoms with E-state index in [1.807, 2.05) is 6.07 Å². The summed E-state index contributed by atoms with van der Waals surface area (Å²) in [6.45, 7) is 0.419. The van der Waals surface area contributed by atoms with Gasteiger partial charge in [0.2, 0.25) is 0 Å². The van der Waals surface area contributed by atoms with E-state index in [0.29, 0.717) is 34.6 Å². The van der Waals surface area contributed by atoms with Gasteiger partial charge in [0.1, 0.15) is 16.6 Å². The van der Waals surface area contributed by atoms with Gasteiger partial charge >= 0.3 is 0 Å². The minimum Gasteiger partial charge on any atom is -0.496 e. The summed E-state index contributed by atoms with van der Waals surface area (Å²) in [5.41, 5.74) is 6.70. The lowest BCUT2D eigenvalue weighted by Gasteiger charge is -2.14. The Morgan fingerprint density at radius 3 is 2.20 bits per heavy atom. The van der Waals surface area contributed by atoms with Gasteiger partial charge in [-0.05, 0) is 6.07 Å². The van der Waals surface area contributed by atoms with Crippen LogP contribution in [0.4, 0.5) is 5.82 Å². The highest BCUT2D eigenvalue weighted by molar-refractivity contribution is 6.32. The summed E-state index contributed by atoms with van der Waals surface area (Å²) in [5.74, 6) is 2.27. The molecule has 108 valence electrons. The van der Waals surface area contributed by atoms with Gasteiger partial charge in [-0.3, -0.25) is 0 Å². The molecule has 0 aliphatic heterocycles. The smallest absolute Gasteiger partial charge is 0.164 e. The first-order chi connectivity index (χ1) is 9.60. The number of nitrogen functional groups attached to an aromatic ring is 1. The van der Waals surface area contributed by atoms with E-state index in [9.17, 15) is 0 Å². The summed E-state index contributed by atoms with van der Waals surface area (Å²) in [5, 5.41) is 4.54. The number of halogens is 1. The molecule has 0 bridgehead atoms. The average Bonchev–Trinajstić information content (AvgIpc) is 2.78. The van der Waals surface area contributed by atoms with Crippen LogP contribution < -0.4 is 19.9 Å². The van der Waals surface area contributed by atoms with Crippen molar-refractivity contribution in [1.29, 1.82) is 0 Å². The molecule has 0 spiro atoms. The molecule has 6 nitrogen and oxygen atoms in total. The van der Waals surface area contributed by atoms with Crippen LogP contribution in [0.2, 0.25) is 5.02 Å². The van der Waals surface area contributed by atoms with Crippen LogP contribution in [-0.2, 0) is 6.54 Å². The second kappa shape index (κ2) is 5.92. The Labute approximate surface area is 122 Å². The fourth-order valence-corrected chi connectivity index (χ4v) is 2.02. The van der Waals surface area contributed by atoms with Crippen molar-refractivity contribution >= 4 is 17.4 Å². The average molecular weight is 298 g/mol. The number of benzene rings is 1. The Bertz CT molecular complexity index is 613. The zero-order valence-electron chi connectivity index (χ0n) is 11.5. The fourth-order valence-electron chi connectivity index (χ4n) is 1.88. The van der Waals surface area contributed by atoms with Gasteiger partial charge < -0.3 is 19.9 Å². The minimum atomic E-state index is 0.406. The Kier molecular flexibility index (Phi) is 4.24. The Hall–Kier alpha value is -2.08. The molecule has 0 aliphatic carbocycles. The SMILES string of the molecule is COc1cc(OC)c(OC)cc1Cn1ncc(Cl)c1N. The molecule has 0 aliphatic rings. The van der Waals surface area contributed by atoms with Crippen molar-refractivity contribution in [3.63, 3.8) is 0 Å². The molecular formula is C13H16ClN3O3. The molecule has 1 aromatic carbocycles. The summed E-state index contributed by atoms with van der Waals surface area (Å²) in [7, 11) is 4.74. The third-order valence-corrected chi connectivity index (χ3v) is 3.23. The molecule has 0 radical (unpaired) electrons. The summed E-state index contributed by atoms with van der Waals surface area (Å²) >= 11 is 5.89. The van der Waals surface area contributed by atoms with Crippen LogP contribution in [0.3, 0.4) is 0 Å². The van der Waals surface area contributed by atoms with Gasteiger partial charge in [-0.15, -0.1) is 0 Å². The van der Waals surface area contributed by atoms with E-state index in [4.69, 9.17) is 31.5 Å². The van der Waals surface area contributed by atoms with Crippen molar-refractivity contribution < 1.29 is 14.2 Å². The molecule has 0 fully saturated rings. The number of ether oxygens (including phenoxy) is 3. The molecule has 2 aromatic rings. The number of methoxy groups -OCH3 is 3. The van der Waals surface area contributed by atoms with E-state index in [0.717, 1.165) is 5.56 Å². The van der Waals surface area contributed by atoms with Gasteiger partial charge in [0.25, 0.3) is 0 Å². The first-order valence-electron chi connectivity index (χ1n) is 5.86. The Morgan fingerprint density at radius 2 is 1.70 bits per heavy atom. The molecule has 1 heterocycles. The van der Waals surface area contributed by atoms with E-state index in [1.165, 1.54) is 6.20 Å². The Balaban J connectivity index is 2.42. The highest BCUT2D eigenvalue weighted by Gasteiger charge is 2.14. The van der Waals surface area contributed by atoms with Crippen molar-refractivity contribution in [1.82, 2.24) is 9.78 Å². The van der Waals surface area contributed by atoms with Crippen LogP contribution in [0.15, 0.2) is 18.3 Å². The normalized spacial score (nSPS) is 10.4.